The van der Waals surface area contributed by atoms with Crippen molar-refractivity contribution in [3.05, 3.63) is 35.3 Å². The maximum atomic E-state index is 5.64. The van der Waals surface area contributed by atoms with E-state index >= 15 is 0 Å². The second kappa shape index (κ2) is 4.46. The van der Waals surface area contributed by atoms with Crippen LogP contribution in [-0.4, -0.2) is 23.1 Å². The molecule has 1 aromatic carbocycles. The largest absolute Gasteiger partial charge is 0.493 e. The van der Waals surface area contributed by atoms with E-state index in [4.69, 9.17) is 10.5 Å². The molecule has 94 valence electrons. The van der Waals surface area contributed by atoms with Crippen molar-refractivity contribution in [1.82, 2.24) is 9.97 Å². The second-order valence-corrected chi connectivity index (χ2v) is 4.61. The number of aryl methyl sites for hydroxylation is 1. The van der Waals surface area contributed by atoms with Gasteiger partial charge in [-0.2, -0.15) is 0 Å². The molecule has 3 N–H and O–H groups in total. The van der Waals surface area contributed by atoms with Gasteiger partial charge in [0.15, 0.2) is 0 Å². The van der Waals surface area contributed by atoms with Gasteiger partial charge < -0.3 is 15.5 Å². The molecule has 0 radical (unpaired) electrons. The molecular weight excluding hydrogens is 226 g/mol. The summed E-state index contributed by atoms with van der Waals surface area (Å²) in [5.74, 6) is 1.94. The number of nitrogens with zero attached hydrogens (tertiary/aromatic N) is 1. The summed E-state index contributed by atoms with van der Waals surface area (Å²) in [5, 5.41) is 0. The third kappa shape index (κ3) is 1.88. The van der Waals surface area contributed by atoms with Crippen LogP contribution in [0.25, 0.3) is 11.3 Å². The minimum absolute atomic E-state index is 0.628. The lowest BCUT2D eigenvalue weighted by Gasteiger charge is -2.04. The van der Waals surface area contributed by atoms with Gasteiger partial charge in [0.25, 0.3) is 0 Å². The Balaban J connectivity index is 2.03. The highest BCUT2D eigenvalue weighted by Crippen LogP contribution is 2.31. The Hall–Kier alpha value is -1.81. The zero-order chi connectivity index (χ0) is 12.5. The van der Waals surface area contributed by atoms with Crippen LogP contribution in [0, 0.1) is 6.92 Å². The first-order valence-electron chi connectivity index (χ1n) is 6.29. The zero-order valence-electron chi connectivity index (χ0n) is 10.5. The van der Waals surface area contributed by atoms with E-state index in [1.807, 2.05) is 13.0 Å². The smallest absolute Gasteiger partial charge is 0.122 e. The van der Waals surface area contributed by atoms with Gasteiger partial charge in [0, 0.05) is 24.1 Å². The average Bonchev–Trinajstić information content (AvgIpc) is 2.95. The number of H-pyrrole nitrogens is 1. The highest BCUT2D eigenvalue weighted by atomic mass is 16.5. The predicted molar refractivity (Wildman–Crippen MR) is 70.7 cm³/mol. The minimum atomic E-state index is 0.628. The van der Waals surface area contributed by atoms with Crippen molar-refractivity contribution in [2.45, 2.75) is 19.8 Å². The van der Waals surface area contributed by atoms with Crippen molar-refractivity contribution in [2.24, 2.45) is 5.73 Å². The summed E-state index contributed by atoms with van der Waals surface area (Å²) in [7, 11) is 0. The van der Waals surface area contributed by atoms with Crippen molar-refractivity contribution in [2.75, 3.05) is 13.2 Å². The lowest BCUT2D eigenvalue weighted by molar-refractivity contribution is 0.357. The van der Waals surface area contributed by atoms with Gasteiger partial charge in [-0.15, -0.1) is 0 Å². The summed E-state index contributed by atoms with van der Waals surface area (Å²) in [6, 6.07) is 6.28. The molecule has 0 fully saturated rings. The number of aromatic amines is 1. The molecule has 0 saturated heterocycles. The Morgan fingerprint density at radius 3 is 3.17 bits per heavy atom. The number of nitrogens with one attached hydrogen (secondary N) is 1. The topological polar surface area (TPSA) is 63.9 Å². The third-order valence-electron chi connectivity index (χ3n) is 3.25. The predicted octanol–water partition coefficient (Wildman–Crippen LogP) is 1.82. The summed E-state index contributed by atoms with van der Waals surface area (Å²) in [6.07, 6.45) is 1.81. The van der Waals surface area contributed by atoms with Gasteiger partial charge in [0.05, 0.1) is 12.3 Å². The zero-order valence-corrected chi connectivity index (χ0v) is 10.5. The molecule has 2 heterocycles. The van der Waals surface area contributed by atoms with E-state index < -0.39 is 0 Å². The van der Waals surface area contributed by atoms with Crippen LogP contribution < -0.4 is 10.5 Å². The average molecular weight is 243 g/mol. The van der Waals surface area contributed by atoms with E-state index in [2.05, 4.69) is 22.1 Å². The standard InChI is InChI=1S/C14H17N3O/c1-9-16-12(4-6-15)14(17-9)11-2-3-13-10(8-11)5-7-18-13/h2-3,8H,4-7,15H2,1H3,(H,16,17). The quantitative estimate of drug-likeness (QED) is 0.864. The van der Waals surface area contributed by atoms with Gasteiger partial charge in [0.1, 0.15) is 11.6 Å². The molecular formula is C14H17N3O. The van der Waals surface area contributed by atoms with Crippen LogP contribution in [0.2, 0.25) is 0 Å². The molecule has 1 aromatic heterocycles. The van der Waals surface area contributed by atoms with E-state index in [-0.39, 0.29) is 0 Å². The van der Waals surface area contributed by atoms with Crippen molar-refractivity contribution >= 4 is 0 Å². The van der Waals surface area contributed by atoms with Gasteiger partial charge in [-0.3, -0.25) is 0 Å². The van der Waals surface area contributed by atoms with Gasteiger partial charge >= 0.3 is 0 Å². The summed E-state index contributed by atoms with van der Waals surface area (Å²) in [5.41, 5.74) is 10.2. The van der Waals surface area contributed by atoms with Crippen LogP contribution in [0.5, 0.6) is 5.75 Å². The maximum Gasteiger partial charge on any atom is 0.122 e. The molecule has 0 amide bonds. The van der Waals surface area contributed by atoms with Crippen molar-refractivity contribution in [1.29, 1.82) is 0 Å². The first-order valence-corrected chi connectivity index (χ1v) is 6.29. The molecule has 18 heavy (non-hydrogen) atoms. The number of aromatic nitrogens is 2. The Morgan fingerprint density at radius 2 is 2.33 bits per heavy atom. The van der Waals surface area contributed by atoms with Crippen molar-refractivity contribution < 1.29 is 4.74 Å². The number of rotatable bonds is 3. The molecule has 0 bridgehead atoms. The molecule has 3 rings (SSSR count). The first-order chi connectivity index (χ1) is 8.78. The number of imidazole rings is 1. The monoisotopic (exact) mass is 243 g/mol. The third-order valence-corrected chi connectivity index (χ3v) is 3.25. The fourth-order valence-electron chi connectivity index (χ4n) is 2.44. The summed E-state index contributed by atoms with van der Waals surface area (Å²) in [6.45, 7) is 3.39. The van der Waals surface area contributed by atoms with Gasteiger partial charge in [-0.1, -0.05) is 0 Å². The molecule has 0 saturated carbocycles. The van der Waals surface area contributed by atoms with Crippen LogP contribution >= 0.6 is 0 Å². The molecule has 0 spiro atoms. The fraction of sp³-hybridized carbons (Fsp3) is 0.357. The van der Waals surface area contributed by atoms with E-state index in [0.29, 0.717) is 6.54 Å². The molecule has 0 unspecified atom stereocenters. The minimum Gasteiger partial charge on any atom is -0.493 e. The van der Waals surface area contributed by atoms with Crippen LogP contribution in [0.15, 0.2) is 18.2 Å². The Morgan fingerprint density at radius 1 is 1.44 bits per heavy atom. The number of benzene rings is 1. The Labute approximate surface area is 106 Å². The Kier molecular flexibility index (Phi) is 2.80. The van der Waals surface area contributed by atoms with E-state index in [1.165, 1.54) is 5.56 Å². The fourth-order valence-corrected chi connectivity index (χ4v) is 2.44. The lowest BCUT2D eigenvalue weighted by Crippen LogP contribution is -2.04. The van der Waals surface area contributed by atoms with Gasteiger partial charge in [-0.05, 0) is 37.2 Å². The second-order valence-electron chi connectivity index (χ2n) is 4.61. The number of hydrogen-bond acceptors (Lipinski definition) is 3. The normalized spacial score (nSPS) is 13.4. The molecule has 0 atom stereocenters. The van der Waals surface area contributed by atoms with E-state index in [9.17, 15) is 0 Å². The summed E-state index contributed by atoms with van der Waals surface area (Å²) < 4.78 is 5.52. The van der Waals surface area contributed by atoms with E-state index in [1.54, 1.807) is 0 Å². The first kappa shape index (κ1) is 11.3. The highest BCUT2D eigenvalue weighted by molar-refractivity contribution is 5.65. The Bertz CT molecular complexity index is 574. The van der Waals surface area contributed by atoms with Gasteiger partial charge in [0.2, 0.25) is 0 Å². The molecule has 0 aliphatic carbocycles. The number of hydrogen-bond donors (Lipinski definition) is 2. The van der Waals surface area contributed by atoms with Crippen LogP contribution in [0.3, 0.4) is 0 Å². The van der Waals surface area contributed by atoms with Crippen molar-refractivity contribution in [3.8, 4) is 17.0 Å². The molecule has 2 aromatic rings. The van der Waals surface area contributed by atoms with E-state index in [0.717, 1.165) is 48.0 Å². The number of nitrogens with two attached hydrogens (primary N) is 1. The number of fused-ring (bicyclic) bond motifs is 1. The summed E-state index contributed by atoms with van der Waals surface area (Å²) in [4.78, 5) is 7.86. The summed E-state index contributed by atoms with van der Waals surface area (Å²) >= 11 is 0. The van der Waals surface area contributed by atoms with Gasteiger partial charge in [-0.25, -0.2) is 4.98 Å². The van der Waals surface area contributed by atoms with Crippen LogP contribution in [-0.2, 0) is 12.8 Å². The SMILES string of the molecule is Cc1nc(-c2ccc3c(c2)CCO3)c(CCN)[nH]1. The lowest BCUT2D eigenvalue weighted by atomic mass is 10.0. The highest BCUT2D eigenvalue weighted by Gasteiger charge is 2.15. The molecule has 4 nitrogen and oxygen atoms in total. The van der Waals surface area contributed by atoms with Crippen LogP contribution in [0.1, 0.15) is 17.1 Å². The maximum absolute atomic E-state index is 5.64. The number of ether oxygens (including phenoxy) is 1. The van der Waals surface area contributed by atoms with Crippen molar-refractivity contribution in [3.63, 3.8) is 0 Å². The molecule has 4 heteroatoms. The molecule has 1 aliphatic rings. The molecule has 1 aliphatic heterocycles. The van der Waals surface area contributed by atoms with Crippen LogP contribution in [0.4, 0.5) is 0 Å².